The van der Waals surface area contributed by atoms with E-state index < -0.39 is 0 Å². The number of esters is 1. The highest BCUT2D eigenvalue weighted by atomic mass is 16.5. The Kier molecular flexibility index (Phi) is 6.08. The number of hydrogen-bond acceptors (Lipinski definition) is 3. The molecule has 1 aromatic rings. The lowest BCUT2D eigenvalue weighted by atomic mass is 9.85. The summed E-state index contributed by atoms with van der Waals surface area (Å²) in [5, 5.41) is 0. The van der Waals surface area contributed by atoms with E-state index in [1.54, 1.807) is 0 Å². The first-order valence-corrected chi connectivity index (χ1v) is 9.42. The third kappa shape index (κ3) is 4.07. The predicted octanol–water partition coefficient (Wildman–Crippen LogP) is 4.15. The first kappa shape index (κ1) is 17.2. The van der Waals surface area contributed by atoms with Crippen molar-refractivity contribution in [1.29, 1.82) is 0 Å². The Morgan fingerprint density at radius 2 is 2.12 bits per heavy atom. The van der Waals surface area contributed by atoms with Gasteiger partial charge in [0.1, 0.15) is 6.61 Å². The number of carbonyl (C=O) groups excluding carboxylic acids is 1. The SMILES string of the molecule is CCC1CCCN1CCOC(=O)C(c1ccccc1)C1C=CCC1. The summed E-state index contributed by atoms with van der Waals surface area (Å²) in [6.45, 7) is 4.76. The summed E-state index contributed by atoms with van der Waals surface area (Å²) in [6, 6.07) is 10.8. The molecule has 1 heterocycles. The van der Waals surface area contributed by atoms with Crippen LogP contribution in [0.1, 0.15) is 50.5 Å². The number of carbonyl (C=O) groups is 1. The summed E-state index contributed by atoms with van der Waals surface area (Å²) in [7, 11) is 0. The molecule has 2 aliphatic rings. The van der Waals surface area contributed by atoms with E-state index in [2.05, 4.69) is 24.0 Å². The largest absolute Gasteiger partial charge is 0.464 e. The number of rotatable bonds is 7. The van der Waals surface area contributed by atoms with E-state index in [0.29, 0.717) is 12.6 Å². The number of allylic oxidation sites excluding steroid dienone is 2. The molecule has 3 nitrogen and oxygen atoms in total. The maximum Gasteiger partial charge on any atom is 0.314 e. The van der Waals surface area contributed by atoms with Crippen LogP contribution in [0.4, 0.5) is 0 Å². The standard InChI is InChI=1S/C21H29NO2/c1-2-19-13-8-14-22(19)15-16-24-21(23)20(18-11-6-7-12-18)17-9-4-3-5-10-17/h3-6,9-11,18-20H,2,7-8,12-16H2,1H3. The number of likely N-dealkylation sites (tertiary alicyclic amines) is 1. The fraction of sp³-hybridized carbons (Fsp3) is 0.571. The number of hydrogen-bond donors (Lipinski definition) is 0. The Morgan fingerprint density at radius 1 is 1.29 bits per heavy atom. The minimum atomic E-state index is -0.162. The van der Waals surface area contributed by atoms with Crippen molar-refractivity contribution in [1.82, 2.24) is 4.90 Å². The molecule has 0 bridgehead atoms. The van der Waals surface area contributed by atoms with Gasteiger partial charge in [-0.05, 0) is 50.1 Å². The molecular weight excluding hydrogens is 298 g/mol. The molecule has 3 atom stereocenters. The van der Waals surface area contributed by atoms with Gasteiger partial charge in [0.25, 0.3) is 0 Å². The van der Waals surface area contributed by atoms with Crippen molar-refractivity contribution in [3.05, 3.63) is 48.0 Å². The maximum absolute atomic E-state index is 12.8. The Labute approximate surface area is 145 Å². The van der Waals surface area contributed by atoms with E-state index in [1.165, 1.54) is 19.3 Å². The molecule has 1 aliphatic carbocycles. The average Bonchev–Trinajstić information content (AvgIpc) is 3.28. The van der Waals surface area contributed by atoms with Crippen LogP contribution >= 0.6 is 0 Å². The van der Waals surface area contributed by atoms with Crippen molar-refractivity contribution < 1.29 is 9.53 Å². The van der Waals surface area contributed by atoms with E-state index in [1.807, 2.05) is 30.3 Å². The normalized spacial score (nSPS) is 25.0. The highest BCUT2D eigenvalue weighted by Gasteiger charge is 2.31. The van der Waals surface area contributed by atoms with Crippen molar-refractivity contribution in [2.45, 2.75) is 51.0 Å². The first-order chi connectivity index (χ1) is 11.8. The zero-order valence-corrected chi connectivity index (χ0v) is 14.7. The minimum absolute atomic E-state index is 0.0648. The number of ether oxygens (including phenoxy) is 1. The van der Waals surface area contributed by atoms with Gasteiger partial charge in [-0.2, -0.15) is 0 Å². The van der Waals surface area contributed by atoms with Gasteiger partial charge in [-0.25, -0.2) is 0 Å². The van der Waals surface area contributed by atoms with Gasteiger partial charge in [-0.15, -0.1) is 0 Å². The first-order valence-electron chi connectivity index (χ1n) is 9.42. The minimum Gasteiger partial charge on any atom is -0.464 e. The summed E-state index contributed by atoms with van der Waals surface area (Å²) >= 11 is 0. The van der Waals surface area contributed by atoms with Crippen molar-refractivity contribution in [2.24, 2.45) is 5.92 Å². The predicted molar refractivity (Wildman–Crippen MR) is 96.9 cm³/mol. The van der Waals surface area contributed by atoms with Crippen LogP contribution in [-0.4, -0.2) is 36.6 Å². The molecule has 0 spiro atoms. The van der Waals surface area contributed by atoms with E-state index in [0.717, 1.165) is 31.5 Å². The molecule has 0 aromatic heterocycles. The summed E-state index contributed by atoms with van der Waals surface area (Å²) < 4.78 is 5.71. The summed E-state index contributed by atoms with van der Waals surface area (Å²) in [4.78, 5) is 15.3. The van der Waals surface area contributed by atoms with Gasteiger partial charge >= 0.3 is 5.97 Å². The van der Waals surface area contributed by atoms with Gasteiger partial charge in [0, 0.05) is 12.6 Å². The zero-order chi connectivity index (χ0) is 16.8. The van der Waals surface area contributed by atoms with Crippen LogP contribution in [0.15, 0.2) is 42.5 Å². The van der Waals surface area contributed by atoms with Crippen molar-refractivity contribution >= 4 is 5.97 Å². The molecule has 1 aromatic carbocycles. The Hall–Kier alpha value is -1.61. The van der Waals surface area contributed by atoms with Crippen LogP contribution in [0.3, 0.4) is 0 Å². The highest BCUT2D eigenvalue weighted by molar-refractivity contribution is 5.79. The van der Waals surface area contributed by atoms with Crippen molar-refractivity contribution in [2.75, 3.05) is 19.7 Å². The van der Waals surface area contributed by atoms with Gasteiger partial charge in [-0.1, -0.05) is 49.4 Å². The van der Waals surface area contributed by atoms with E-state index >= 15 is 0 Å². The van der Waals surface area contributed by atoms with Gasteiger partial charge < -0.3 is 4.74 Å². The molecule has 3 heteroatoms. The molecule has 1 fully saturated rings. The second-order valence-electron chi connectivity index (χ2n) is 6.97. The van der Waals surface area contributed by atoms with Crippen LogP contribution in [0, 0.1) is 5.92 Å². The lowest BCUT2D eigenvalue weighted by Gasteiger charge is -2.25. The van der Waals surface area contributed by atoms with Gasteiger partial charge in [0.2, 0.25) is 0 Å². The quantitative estimate of drug-likeness (QED) is 0.556. The van der Waals surface area contributed by atoms with E-state index in [-0.39, 0.29) is 17.8 Å². The number of nitrogens with zero attached hydrogens (tertiary/aromatic N) is 1. The molecule has 0 amide bonds. The molecule has 0 N–H and O–H groups in total. The number of benzene rings is 1. The van der Waals surface area contributed by atoms with Crippen LogP contribution in [-0.2, 0) is 9.53 Å². The molecule has 1 aliphatic heterocycles. The fourth-order valence-corrected chi connectivity index (χ4v) is 4.16. The van der Waals surface area contributed by atoms with E-state index in [4.69, 9.17) is 4.74 Å². The molecule has 3 unspecified atom stereocenters. The van der Waals surface area contributed by atoms with Crippen molar-refractivity contribution in [3.63, 3.8) is 0 Å². The maximum atomic E-state index is 12.8. The average molecular weight is 327 g/mol. The summed E-state index contributed by atoms with van der Waals surface area (Å²) in [6.07, 6.45) is 10.2. The fourth-order valence-electron chi connectivity index (χ4n) is 4.16. The van der Waals surface area contributed by atoms with Crippen molar-refractivity contribution in [3.8, 4) is 0 Å². The van der Waals surface area contributed by atoms with Gasteiger partial charge in [-0.3, -0.25) is 9.69 Å². The molecule has 3 rings (SSSR count). The van der Waals surface area contributed by atoms with E-state index in [9.17, 15) is 4.79 Å². The third-order valence-electron chi connectivity index (χ3n) is 5.48. The van der Waals surface area contributed by atoms with Gasteiger partial charge in [0.05, 0.1) is 5.92 Å². The Balaban J connectivity index is 1.58. The second kappa shape index (κ2) is 8.48. The molecular formula is C21H29NO2. The third-order valence-corrected chi connectivity index (χ3v) is 5.48. The van der Waals surface area contributed by atoms with Crippen LogP contribution < -0.4 is 0 Å². The smallest absolute Gasteiger partial charge is 0.314 e. The lowest BCUT2D eigenvalue weighted by molar-refractivity contribution is -0.147. The molecule has 0 radical (unpaired) electrons. The Bertz CT molecular complexity index is 554. The molecule has 24 heavy (non-hydrogen) atoms. The zero-order valence-electron chi connectivity index (χ0n) is 14.7. The summed E-state index contributed by atoms with van der Waals surface area (Å²) in [5.41, 5.74) is 1.08. The summed E-state index contributed by atoms with van der Waals surface area (Å²) in [5.74, 6) is 0.0468. The highest BCUT2D eigenvalue weighted by Crippen LogP contribution is 2.34. The molecule has 0 saturated carbocycles. The Morgan fingerprint density at radius 3 is 2.83 bits per heavy atom. The lowest BCUT2D eigenvalue weighted by Crippen LogP contribution is -2.33. The topological polar surface area (TPSA) is 29.5 Å². The second-order valence-corrected chi connectivity index (χ2v) is 6.97. The van der Waals surface area contributed by atoms with Crippen LogP contribution in [0.2, 0.25) is 0 Å². The van der Waals surface area contributed by atoms with Crippen LogP contribution in [0.25, 0.3) is 0 Å². The van der Waals surface area contributed by atoms with Gasteiger partial charge in [0.15, 0.2) is 0 Å². The van der Waals surface area contributed by atoms with Crippen LogP contribution in [0.5, 0.6) is 0 Å². The monoisotopic (exact) mass is 327 g/mol. The molecule has 130 valence electrons. The molecule has 1 saturated heterocycles.